The van der Waals surface area contributed by atoms with Crippen molar-refractivity contribution < 1.29 is 5.11 Å². The van der Waals surface area contributed by atoms with E-state index in [-0.39, 0.29) is 11.2 Å². The van der Waals surface area contributed by atoms with Crippen LogP contribution in [0.4, 0.5) is 0 Å². The van der Waals surface area contributed by atoms with Crippen LogP contribution in [0.15, 0.2) is 23.1 Å². The fraction of sp³-hybridized carbons (Fsp3) is 0.455. The van der Waals surface area contributed by atoms with Crippen molar-refractivity contribution in [3.05, 3.63) is 23.8 Å². The van der Waals surface area contributed by atoms with E-state index in [0.29, 0.717) is 4.90 Å². The number of phenols is 1. The first-order valence-corrected chi connectivity index (χ1v) is 4.94. The molecule has 2 heteroatoms. The molecule has 1 aromatic rings. The van der Waals surface area contributed by atoms with Gasteiger partial charge in [0, 0.05) is 4.90 Å². The SMILES string of the molecule is CCC(C)(C)c1ccc(O)c(S)c1. The normalized spacial score (nSPS) is 11.7. The first-order valence-electron chi connectivity index (χ1n) is 4.50. The van der Waals surface area contributed by atoms with Crippen LogP contribution in [0, 0.1) is 0 Å². The summed E-state index contributed by atoms with van der Waals surface area (Å²) in [4.78, 5) is 0.652. The summed E-state index contributed by atoms with van der Waals surface area (Å²) in [6.07, 6.45) is 1.07. The molecule has 0 fully saturated rings. The average Bonchev–Trinajstić information content (AvgIpc) is 2.09. The molecular weight excluding hydrogens is 180 g/mol. The van der Waals surface area contributed by atoms with E-state index in [1.807, 2.05) is 12.1 Å². The maximum atomic E-state index is 9.31. The highest BCUT2D eigenvalue weighted by Gasteiger charge is 2.18. The van der Waals surface area contributed by atoms with E-state index in [0.717, 1.165) is 6.42 Å². The van der Waals surface area contributed by atoms with Crippen molar-refractivity contribution in [1.82, 2.24) is 0 Å². The highest BCUT2D eigenvalue weighted by atomic mass is 32.1. The lowest BCUT2D eigenvalue weighted by atomic mass is 9.82. The lowest BCUT2D eigenvalue weighted by Crippen LogP contribution is -2.15. The lowest BCUT2D eigenvalue weighted by Gasteiger charge is -2.23. The Bertz CT molecular complexity index is 305. The molecule has 0 saturated heterocycles. The molecule has 1 nitrogen and oxygen atoms in total. The molecule has 0 amide bonds. The number of rotatable bonds is 2. The van der Waals surface area contributed by atoms with E-state index in [1.165, 1.54) is 5.56 Å². The van der Waals surface area contributed by atoms with Crippen molar-refractivity contribution in [2.45, 2.75) is 37.5 Å². The van der Waals surface area contributed by atoms with Gasteiger partial charge in [-0.25, -0.2) is 0 Å². The third-order valence-corrected chi connectivity index (χ3v) is 3.00. The molecule has 1 N–H and O–H groups in total. The van der Waals surface area contributed by atoms with Gasteiger partial charge in [-0.1, -0.05) is 26.8 Å². The smallest absolute Gasteiger partial charge is 0.128 e. The second kappa shape index (κ2) is 3.62. The van der Waals surface area contributed by atoms with E-state index in [9.17, 15) is 5.11 Å². The van der Waals surface area contributed by atoms with Gasteiger partial charge in [-0.3, -0.25) is 0 Å². The molecule has 0 atom stereocenters. The Labute approximate surface area is 85.2 Å². The van der Waals surface area contributed by atoms with Crippen LogP contribution < -0.4 is 0 Å². The second-order valence-corrected chi connectivity index (χ2v) is 4.42. The van der Waals surface area contributed by atoms with Crippen LogP contribution in [0.2, 0.25) is 0 Å². The molecule has 0 aliphatic carbocycles. The number of phenolic OH excluding ortho intramolecular Hbond substituents is 1. The van der Waals surface area contributed by atoms with Gasteiger partial charge in [-0.15, -0.1) is 12.6 Å². The zero-order valence-electron chi connectivity index (χ0n) is 8.33. The van der Waals surface area contributed by atoms with Gasteiger partial charge < -0.3 is 5.11 Å². The quantitative estimate of drug-likeness (QED) is 0.695. The van der Waals surface area contributed by atoms with E-state index < -0.39 is 0 Å². The molecule has 13 heavy (non-hydrogen) atoms. The fourth-order valence-corrected chi connectivity index (χ4v) is 1.36. The molecule has 0 heterocycles. The first kappa shape index (κ1) is 10.5. The summed E-state index contributed by atoms with van der Waals surface area (Å²) < 4.78 is 0. The standard InChI is InChI=1S/C11H16OS/c1-4-11(2,3)8-5-6-9(12)10(13)7-8/h5-7,12-13H,4H2,1-3H3. The summed E-state index contributed by atoms with van der Waals surface area (Å²) in [6, 6.07) is 5.59. The van der Waals surface area contributed by atoms with Gasteiger partial charge in [0.15, 0.2) is 0 Å². The summed E-state index contributed by atoms with van der Waals surface area (Å²) in [5.41, 5.74) is 1.38. The van der Waals surface area contributed by atoms with Crippen molar-refractivity contribution >= 4 is 12.6 Å². The minimum Gasteiger partial charge on any atom is -0.507 e. The summed E-state index contributed by atoms with van der Waals surface area (Å²) in [5.74, 6) is 0.249. The fourth-order valence-electron chi connectivity index (χ4n) is 1.15. The Kier molecular flexibility index (Phi) is 2.91. The van der Waals surface area contributed by atoms with Crippen LogP contribution in [0.1, 0.15) is 32.8 Å². The van der Waals surface area contributed by atoms with Crippen LogP contribution in [0.5, 0.6) is 5.75 Å². The largest absolute Gasteiger partial charge is 0.507 e. The van der Waals surface area contributed by atoms with E-state index >= 15 is 0 Å². The molecule has 0 bridgehead atoms. The highest BCUT2D eigenvalue weighted by molar-refractivity contribution is 7.80. The molecule has 0 aliphatic heterocycles. The van der Waals surface area contributed by atoms with Crippen molar-refractivity contribution in [3.8, 4) is 5.75 Å². The summed E-state index contributed by atoms with van der Waals surface area (Å²) in [5, 5.41) is 9.31. The van der Waals surface area contributed by atoms with Crippen LogP contribution in [0.25, 0.3) is 0 Å². The second-order valence-electron chi connectivity index (χ2n) is 3.94. The van der Waals surface area contributed by atoms with Crippen molar-refractivity contribution in [2.75, 3.05) is 0 Å². The number of thiol groups is 1. The topological polar surface area (TPSA) is 20.2 Å². The summed E-state index contributed by atoms with van der Waals surface area (Å²) in [7, 11) is 0. The molecule has 1 aromatic carbocycles. The molecule has 0 unspecified atom stereocenters. The molecule has 0 aromatic heterocycles. The van der Waals surface area contributed by atoms with Crippen molar-refractivity contribution in [1.29, 1.82) is 0 Å². The number of benzene rings is 1. The van der Waals surface area contributed by atoms with Crippen LogP contribution >= 0.6 is 12.6 Å². The molecule has 1 rings (SSSR count). The maximum absolute atomic E-state index is 9.31. The molecule has 0 saturated carbocycles. The van der Waals surface area contributed by atoms with Gasteiger partial charge in [-0.05, 0) is 29.5 Å². The third kappa shape index (κ3) is 2.19. The molecule has 72 valence electrons. The van der Waals surface area contributed by atoms with E-state index in [4.69, 9.17) is 0 Å². The van der Waals surface area contributed by atoms with Crippen molar-refractivity contribution in [2.24, 2.45) is 0 Å². The highest BCUT2D eigenvalue weighted by Crippen LogP contribution is 2.31. The molecular formula is C11H16OS. The summed E-state index contributed by atoms with van der Waals surface area (Å²) >= 11 is 4.19. The minimum atomic E-state index is 0.158. The third-order valence-electron chi connectivity index (χ3n) is 2.64. The van der Waals surface area contributed by atoms with Gasteiger partial charge >= 0.3 is 0 Å². The van der Waals surface area contributed by atoms with E-state index in [1.54, 1.807) is 6.07 Å². The number of aromatic hydroxyl groups is 1. The summed E-state index contributed by atoms with van der Waals surface area (Å²) in [6.45, 7) is 6.53. The van der Waals surface area contributed by atoms with Gasteiger partial charge in [-0.2, -0.15) is 0 Å². The van der Waals surface area contributed by atoms with Gasteiger partial charge in [0.2, 0.25) is 0 Å². The van der Waals surface area contributed by atoms with E-state index in [2.05, 4.69) is 33.4 Å². The monoisotopic (exact) mass is 196 g/mol. The van der Waals surface area contributed by atoms with Gasteiger partial charge in [0.25, 0.3) is 0 Å². The maximum Gasteiger partial charge on any atom is 0.128 e. The molecule has 0 aliphatic rings. The minimum absolute atomic E-state index is 0.158. The molecule has 0 radical (unpaired) electrons. The average molecular weight is 196 g/mol. The first-order chi connectivity index (χ1) is 5.97. The predicted molar refractivity (Wildman–Crippen MR) is 58.7 cm³/mol. The number of hydrogen-bond donors (Lipinski definition) is 2. The number of hydrogen-bond acceptors (Lipinski definition) is 2. The lowest BCUT2D eigenvalue weighted by molar-refractivity contribution is 0.458. The van der Waals surface area contributed by atoms with Gasteiger partial charge in [0.1, 0.15) is 5.75 Å². The Morgan fingerprint density at radius 1 is 1.38 bits per heavy atom. The Morgan fingerprint density at radius 2 is 2.00 bits per heavy atom. The Morgan fingerprint density at radius 3 is 2.46 bits per heavy atom. The Hall–Kier alpha value is -0.630. The Balaban J connectivity index is 3.10. The zero-order chi connectivity index (χ0) is 10.1. The molecule has 0 spiro atoms. The van der Waals surface area contributed by atoms with Crippen LogP contribution in [-0.2, 0) is 5.41 Å². The van der Waals surface area contributed by atoms with Crippen molar-refractivity contribution in [3.63, 3.8) is 0 Å². The zero-order valence-corrected chi connectivity index (χ0v) is 9.23. The van der Waals surface area contributed by atoms with Crippen LogP contribution in [0.3, 0.4) is 0 Å². The van der Waals surface area contributed by atoms with Gasteiger partial charge in [0.05, 0.1) is 0 Å². The predicted octanol–water partition coefficient (Wildman–Crippen LogP) is 3.37. The van der Waals surface area contributed by atoms with Crippen LogP contribution in [-0.4, -0.2) is 5.11 Å².